The summed E-state index contributed by atoms with van der Waals surface area (Å²) in [5.74, 6) is -0.316. The SMILES string of the molecule is CC(CNC(=O)C1COCC(=O)N1Cc1ccccc1)N(C)C. The number of likely N-dealkylation sites (N-methyl/N-ethyl adjacent to an activating group) is 1. The van der Waals surface area contributed by atoms with Crippen molar-refractivity contribution < 1.29 is 14.3 Å². The number of hydrogen-bond donors (Lipinski definition) is 1. The molecule has 1 N–H and O–H groups in total. The summed E-state index contributed by atoms with van der Waals surface area (Å²) < 4.78 is 5.28. The van der Waals surface area contributed by atoms with Crippen molar-refractivity contribution in [3.05, 3.63) is 35.9 Å². The van der Waals surface area contributed by atoms with Crippen LogP contribution in [-0.2, 0) is 20.9 Å². The van der Waals surface area contributed by atoms with E-state index in [0.717, 1.165) is 5.56 Å². The lowest BCUT2D eigenvalue weighted by atomic mass is 10.1. The molecule has 2 atom stereocenters. The number of carbonyl (C=O) groups is 2. The molecule has 1 heterocycles. The number of carbonyl (C=O) groups excluding carboxylic acids is 2. The van der Waals surface area contributed by atoms with Crippen LogP contribution >= 0.6 is 0 Å². The molecule has 0 saturated carbocycles. The highest BCUT2D eigenvalue weighted by Gasteiger charge is 2.34. The van der Waals surface area contributed by atoms with E-state index in [1.54, 1.807) is 4.90 Å². The van der Waals surface area contributed by atoms with Crippen LogP contribution in [0, 0.1) is 0 Å². The molecule has 0 spiro atoms. The Morgan fingerprint density at radius 3 is 2.74 bits per heavy atom. The zero-order valence-electron chi connectivity index (χ0n) is 14.0. The maximum atomic E-state index is 12.5. The Labute approximate surface area is 137 Å². The van der Waals surface area contributed by atoms with Crippen LogP contribution < -0.4 is 5.32 Å². The monoisotopic (exact) mass is 319 g/mol. The third kappa shape index (κ3) is 4.77. The van der Waals surface area contributed by atoms with Gasteiger partial charge in [-0.25, -0.2) is 0 Å². The molecule has 1 aromatic carbocycles. The number of hydrogen-bond acceptors (Lipinski definition) is 4. The molecule has 0 aromatic heterocycles. The standard InChI is InChI=1S/C17H25N3O3/c1-13(19(2)3)9-18-17(22)15-11-23-12-16(21)20(15)10-14-7-5-4-6-8-14/h4-8,13,15H,9-12H2,1-3H3,(H,18,22). The van der Waals surface area contributed by atoms with Crippen LogP contribution in [0.2, 0.25) is 0 Å². The van der Waals surface area contributed by atoms with Crippen molar-refractivity contribution in [2.24, 2.45) is 0 Å². The molecule has 1 fully saturated rings. The van der Waals surface area contributed by atoms with Crippen LogP contribution in [0.3, 0.4) is 0 Å². The van der Waals surface area contributed by atoms with Crippen molar-refractivity contribution >= 4 is 11.8 Å². The average molecular weight is 319 g/mol. The topological polar surface area (TPSA) is 61.9 Å². The largest absolute Gasteiger partial charge is 0.369 e. The summed E-state index contributed by atoms with van der Waals surface area (Å²) in [5.41, 5.74) is 1.00. The number of nitrogens with one attached hydrogen (secondary N) is 1. The second-order valence-corrected chi connectivity index (χ2v) is 6.10. The Bertz CT molecular complexity index is 533. The van der Waals surface area contributed by atoms with E-state index in [4.69, 9.17) is 4.74 Å². The summed E-state index contributed by atoms with van der Waals surface area (Å²) in [6, 6.07) is 9.32. The first kappa shape index (κ1) is 17.4. The van der Waals surface area contributed by atoms with E-state index in [-0.39, 0.29) is 31.1 Å². The predicted octanol–water partition coefficient (Wildman–Crippen LogP) is 0.480. The highest BCUT2D eigenvalue weighted by atomic mass is 16.5. The second kappa shape index (κ2) is 8.08. The molecule has 0 aliphatic carbocycles. The van der Waals surface area contributed by atoms with Crippen molar-refractivity contribution in [1.29, 1.82) is 0 Å². The Balaban J connectivity index is 2.02. The fraction of sp³-hybridized carbons (Fsp3) is 0.529. The Hall–Kier alpha value is -1.92. The van der Waals surface area contributed by atoms with Crippen molar-refractivity contribution in [2.75, 3.05) is 33.9 Å². The van der Waals surface area contributed by atoms with E-state index in [1.165, 1.54) is 0 Å². The lowest BCUT2D eigenvalue weighted by Gasteiger charge is -2.35. The van der Waals surface area contributed by atoms with Gasteiger partial charge in [0.05, 0.1) is 6.61 Å². The highest BCUT2D eigenvalue weighted by Crippen LogP contribution is 2.13. The molecule has 0 bridgehead atoms. The average Bonchev–Trinajstić information content (AvgIpc) is 2.55. The number of amides is 2. The summed E-state index contributed by atoms with van der Waals surface area (Å²) in [7, 11) is 3.93. The molecule has 1 aliphatic heterocycles. The lowest BCUT2D eigenvalue weighted by molar-refractivity contribution is -0.155. The molecule has 2 amide bonds. The minimum atomic E-state index is -0.578. The molecular weight excluding hydrogens is 294 g/mol. The Morgan fingerprint density at radius 1 is 1.39 bits per heavy atom. The van der Waals surface area contributed by atoms with Crippen molar-refractivity contribution in [2.45, 2.75) is 25.6 Å². The van der Waals surface area contributed by atoms with Crippen LogP contribution in [0.4, 0.5) is 0 Å². The fourth-order valence-electron chi connectivity index (χ4n) is 2.35. The lowest BCUT2D eigenvalue weighted by Crippen LogP contribution is -2.56. The molecule has 6 heteroatoms. The summed E-state index contributed by atoms with van der Waals surface area (Å²) in [5, 5.41) is 2.92. The summed E-state index contributed by atoms with van der Waals surface area (Å²) in [6.07, 6.45) is 0. The van der Waals surface area contributed by atoms with Gasteiger partial charge in [-0.05, 0) is 26.6 Å². The number of benzene rings is 1. The number of ether oxygens (including phenoxy) is 1. The van der Waals surface area contributed by atoms with Crippen LogP contribution in [0.5, 0.6) is 0 Å². The minimum Gasteiger partial charge on any atom is -0.369 e. The Morgan fingerprint density at radius 2 is 2.09 bits per heavy atom. The number of morpholine rings is 1. The molecule has 2 unspecified atom stereocenters. The van der Waals surface area contributed by atoms with Crippen molar-refractivity contribution in [3.63, 3.8) is 0 Å². The minimum absolute atomic E-state index is 0.0325. The molecule has 2 rings (SSSR count). The van der Waals surface area contributed by atoms with E-state index in [2.05, 4.69) is 5.32 Å². The maximum absolute atomic E-state index is 12.5. The third-order valence-corrected chi connectivity index (χ3v) is 4.15. The van der Waals surface area contributed by atoms with Gasteiger partial charge >= 0.3 is 0 Å². The summed E-state index contributed by atoms with van der Waals surface area (Å²) in [6.45, 7) is 3.26. The van der Waals surface area contributed by atoms with E-state index in [1.807, 2.05) is 56.3 Å². The third-order valence-electron chi connectivity index (χ3n) is 4.15. The van der Waals surface area contributed by atoms with Gasteiger partial charge in [0.15, 0.2) is 0 Å². The van der Waals surface area contributed by atoms with Gasteiger partial charge < -0.3 is 19.9 Å². The fourth-order valence-corrected chi connectivity index (χ4v) is 2.35. The smallest absolute Gasteiger partial charge is 0.249 e. The van der Waals surface area contributed by atoms with Crippen LogP contribution in [0.15, 0.2) is 30.3 Å². The van der Waals surface area contributed by atoms with Gasteiger partial charge in [0.1, 0.15) is 12.6 Å². The maximum Gasteiger partial charge on any atom is 0.249 e. The first-order valence-corrected chi connectivity index (χ1v) is 7.84. The quantitative estimate of drug-likeness (QED) is 0.828. The molecule has 6 nitrogen and oxygen atoms in total. The zero-order valence-corrected chi connectivity index (χ0v) is 14.0. The van der Waals surface area contributed by atoms with Crippen LogP contribution in [-0.4, -0.2) is 67.6 Å². The number of nitrogens with zero attached hydrogens (tertiary/aromatic N) is 2. The molecule has 0 radical (unpaired) electrons. The van der Waals surface area contributed by atoms with E-state index >= 15 is 0 Å². The van der Waals surface area contributed by atoms with Gasteiger partial charge in [0.2, 0.25) is 11.8 Å². The van der Waals surface area contributed by atoms with Gasteiger partial charge in [-0.3, -0.25) is 9.59 Å². The first-order chi connectivity index (χ1) is 11.0. The van der Waals surface area contributed by atoms with Gasteiger partial charge in [-0.2, -0.15) is 0 Å². The molecule has 23 heavy (non-hydrogen) atoms. The molecule has 126 valence electrons. The normalized spacial score (nSPS) is 19.7. The van der Waals surface area contributed by atoms with E-state index in [0.29, 0.717) is 13.1 Å². The van der Waals surface area contributed by atoms with Gasteiger partial charge in [-0.15, -0.1) is 0 Å². The number of rotatable bonds is 6. The van der Waals surface area contributed by atoms with Gasteiger partial charge in [0.25, 0.3) is 0 Å². The summed E-state index contributed by atoms with van der Waals surface area (Å²) >= 11 is 0. The zero-order chi connectivity index (χ0) is 16.8. The molecule has 1 saturated heterocycles. The molecule has 1 aromatic rings. The highest BCUT2D eigenvalue weighted by molar-refractivity contribution is 5.89. The van der Waals surface area contributed by atoms with E-state index < -0.39 is 6.04 Å². The second-order valence-electron chi connectivity index (χ2n) is 6.10. The van der Waals surface area contributed by atoms with Crippen molar-refractivity contribution in [3.8, 4) is 0 Å². The Kier molecular flexibility index (Phi) is 6.12. The van der Waals surface area contributed by atoms with Gasteiger partial charge in [0, 0.05) is 19.1 Å². The van der Waals surface area contributed by atoms with Crippen molar-refractivity contribution in [1.82, 2.24) is 15.1 Å². The van der Waals surface area contributed by atoms with Crippen LogP contribution in [0.1, 0.15) is 12.5 Å². The molecule has 1 aliphatic rings. The molecular formula is C17H25N3O3. The van der Waals surface area contributed by atoms with E-state index in [9.17, 15) is 9.59 Å². The summed E-state index contributed by atoms with van der Waals surface area (Å²) in [4.78, 5) is 28.3. The van der Waals surface area contributed by atoms with Crippen LogP contribution in [0.25, 0.3) is 0 Å². The van der Waals surface area contributed by atoms with Gasteiger partial charge in [-0.1, -0.05) is 30.3 Å². The predicted molar refractivity (Wildman–Crippen MR) is 87.8 cm³/mol. The first-order valence-electron chi connectivity index (χ1n) is 7.84.